The molecule has 3 heterocycles. The molecule has 0 amide bonds. The Labute approximate surface area is 321 Å². The van der Waals surface area contributed by atoms with Gasteiger partial charge in [0.25, 0.3) is 0 Å². The molecular weight excluding hydrogens is 685 g/mol. The molecule has 0 aliphatic heterocycles. The van der Waals surface area contributed by atoms with Crippen molar-refractivity contribution in [3.8, 4) is 16.8 Å². The Morgan fingerprint density at radius 3 is 1.77 bits per heavy atom. The number of furan rings is 2. The lowest BCUT2D eigenvalue weighted by molar-refractivity contribution is 0.669. The van der Waals surface area contributed by atoms with E-state index in [1.807, 2.05) is 12.1 Å². The van der Waals surface area contributed by atoms with Crippen molar-refractivity contribution in [3.05, 3.63) is 194 Å². The first-order chi connectivity index (χ1) is 27.8. The van der Waals surface area contributed by atoms with Gasteiger partial charge in [-0.05, 0) is 83.6 Å². The maximum atomic E-state index is 6.80. The monoisotopic (exact) mass is 716 g/mol. The normalized spacial score (nSPS) is 11.9. The first kappa shape index (κ1) is 30.9. The molecule has 0 aliphatic carbocycles. The molecule has 4 heteroatoms. The summed E-state index contributed by atoms with van der Waals surface area (Å²) in [5, 5.41) is 9.21. The lowest BCUT2D eigenvalue weighted by atomic mass is 9.98. The van der Waals surface area contributed by atoms with Crippen LogP contribution in [0.2, 0.25) is 0 Å². The molecule has 4 nitrogen and oxygen atoms in total. The second-order valence-corrected chi connectivity index (χ2v) is 14.5. The van der Waals surface area contributed by atoms with Crippen LogP contribution in [0.25, 0.3) is 93.3 Å². The second-order valence-electron chi connectivity index (χ2n) is 14.5. The zero-order chi connectivity index (χ0) is 36.7. The van der Waals surface area contributed by atoms with Crippen molar-refractivity contribution in [2.75, 3.05) is 4.90 Å². The summed E-state index contributed by atoms with van der Waals surface area (Å²) in [6, 6.07) is 69.0. The van der Waals surface area contributed by atoms with Crippen LogP contribution in [0.15, 0.2) is 203 Å². The molecule has 0 saturated carbocycles. The van der Waals surface area contributed by atoms with Gasteiger partial charge in [-0.2, -0.15) is 0 Å². The number of hydrogen-bond acceptors (Lipinski definition) is 3. The average molecular weight is 717 g/mol. The fourth-order valence-corrected chi connectivity index (χ4v) is 8.89. The third-order valence-electron chi connectivity index (χ3n) is 11.4. The van der Waals surface area contributed by atoms with E-state index in [1.54, 1.807) is 0 Å². The summed E-state index contributed by atoms with van der Waals surface area (Å²) in [5.74, 6) is 0. The SMILES string of the molecule is c1ccc(N(c2ccc(-n3c4ccccc4c4ccccc43)cc2)c2cccc3oc4ccccc4c23)c(-c2cccc3c2oc2cc4ccccc4cc23)c1. The van der Waals surface area contributed by atoms with Gasteiger partial charge in [-0.15, -0.1) is 0 Å². The van der Waals surface area contributed by atoms with Crippen LogP contribution in [0.3, 0.4) is 0 Å². The molecule has 0 bridgehead atoms. The quantitative estimate of drug-likeness (QED) is 0.178. The van der Waals surface area contributed by atoms with Crippen LogP contribution < -0.4 is 4.90 Å². The molecule has 0 spiro atoms. The molecule has 12 aromatic rings. The minimum atomic E-state index is 0.847. The molecule has 0 saturated heterocycles. The van der Waals surface area contributed by atoms with E-state index in [0.29, 0.717) is 0 Å². The minimum absolute atomic E-state index is 0.847. The smallest absolute Gasteiger partial charge is 0.143 e. The Balaban J connectivity index is 1.10. The van der Waals surface area contributed by atoms with Crippen LogP contribution in [0, 0.1) is 0 Å². The molecule has 56 heavy (non-hydrogen) atoms. The Morgan fingerprint density at radius 1 is 0.375 bits per heavy atom. The largest absolute Gasteiger partial charge is 0.456 e. The zero-order valence-electron chi connectivity index (χ0n) is 30.2. The predicted molar refractivity (Wildman–Crippen MR) is 233 cm³/mol. The van der Waals surface area contributed by atoms with Crippen LogP contribution in [0.1, 0.15) is 0 Å². The van der Waals surface area contributed by atoms with Crippen molar-refractivity contribution in [2.45, 2.75) is 0 Å². The van der Waals surface area contributed by atoms with Crippen LogP contribution in [-0.4, -0.2) is 4.57 Å². The minimum Gasteiger partial charge on any atom is -0.456 e. The highest BCUT2D eigenvalue weighted by molar-refractivity contribution is 6.16. The number of aromatic nitrogens is 1. The molecule has 0 N–H and O–H groups in total. The highest BCUT2D eigenvalue weighted by Crippen LogP contribution is 2.48. The highest BCUT2D eigenvalue weighted by atomic mass is 16.3. The molecule has 0 unspecified atom stereocenters. The number of anilines is 3. The number of fused-ring (bicyclic) bond motifs is 10. The molecular formula is C52H32N2O2. The molecule has 3 aromatic heterocycles. The molecule has 0 aliphatic rings. The lowest BCUT2D eigenvalue weighted by Crippen LogP contribution is -2.12. The summed E-state index contributed by atoms with van der Waals surface area (Å²) in [7, 11) is 0. The van der Waals surface area contributed by atoms with E-state index < -0.39 is 0 Å². The summed E-state index contributed by atoms with van der Waals surface area (Å²) >= 11 is 0. The van der Waals surface area contributed by atoms with Crippen molar-refractivity contribution in [2.24, 2.45) is 0 Å². The van der Waals surface area contributed by atoms with E-state index in [4.69, 9.17) is 8.83 Å². The van der Waals surface area contributed by atoms with E-state index in [1.165, 1.54) is 27.2 Å². The highest BCUT2D eigenvalue weighted by Gasteiger charge is 2.24. The summed E-state index contributed by atoms with van der Waals surface area (Å²) in [6.45, 7) is 0. The Bertz CT molecular complexity index is 3440. The molecule has 0 fully saturated rings. The molecule has 0 atom stereocenters. The number of para-hydroxylation sites is 5. The summed E-state index contributed by atoms with van der Waals surface area (Å²) in [4.78, 5) is 2.38. The van der Waals surface area contributed by atoms with Gasteiger partial charge in [0.15, 0.2) is 0 Å². The van der Waals surface area contributed by atoms with E-state index in [-0.39, 0.29) is 0 Å². The molecule has 12 rings (SSSR count). The fraction of sp³-hybridized carbons (Fsp3) is 0. The first-order valence-electron chi connectivity index (χ1n) is 19.0. The van der Waals surface area contributed by atoms with Crippen LogP contribution in [0.5, 0.6) is 0 Å². The summed E-state index contributed by atoms with van der Waals surface area (Å²) in [5.41, 5.74) is 12.1. The van der Waals surface area contributed by atoms with Gasteiger partial charge in [-0.1, -0.05) is 121 Å². The lowest BCUT2D eigenvalue weighted by Gasteiger charge is -2.28. The van der Waals surface area contributed by atoms with E-state index in [2.05, 4.69) is 191 Å². The zero-order valence-corrected chi connectivity index (χ0v) is 30.2. The number of benzene rings is 9. The van der Waals surface area contributed by atoms with Gasteiger partial charge < -0.3 is 18.3 Å². The van der Waals surface area contributed by atoms with E-state index in [0.717, 1.165) is 83.1 Å². The maximum absolute atomic E-state index is 6.80. The number of nitrogens with zero attached hydrogens (tertiary/aromatic N) is 2. The number of hydrogen-bond donors (Lipinski definition) is 0. The van der Waals surface area contributed by atoms with Crippen LogP contribution in [0.4, 0.5) is 17.1 Å². The third-order valence-corrected chi connectivity index (χ3v) is 11.4. The van der Waals surface area contributed by atoms with Gasteiger partial charge in [0, 0.05) is 49.4 Å². The summed E-state index contributed by atoms with van der Waals surface area (Å²) in [6.07, 6.45) is 0. The van der Waals surface area contributed by atoms with Crippen molar-refractivity contribution in [1.29, 1.82) is 0 Å². The van der Waals surface area contributed by atoms with E-state index in [9.17, 15) is 0 Å². The summed E-state index contributed by atoms with van der Waals surface area (Å²) < 4.78 is 15.6. The second kappa shape index (κ2) is 12.0. The Morgan fingerprint density at radius 2 is 0.964 bits per heavy atom. The van der Waals surface area contributed by atoms with Gasteiger partial charge in [0.1, 0.15) is 22.3 Å². The standard InChI is InChI=1S/C52H32N2O2/c1-2-14-34-32-50-43(31-33(34)13-1)41-20-11-19-40(52(41)56-50)39-17-5-9-23-46(39)54(47-24-12-26-49-51(47)42-18-6-10-25-48(42)55-49)36-29-27-35(28-30-36)53-44-21-7-3-15-37(44)38-16-4-8-22-45(38)53/h1-32H. The van der Waals surface area contributed by atoms with Gasteiger partial charge in [-0.3, -0.25) is 0 Å². The van der Waals surface area contributed by atoms with Crippen molar-refractivity contribution < 1.29 is 8.83 Å². The predicted octanol–water partition coefficient (Wildman–Crippen LogP) is 14.9. The van der Waals surface area contributed by atoms with Crippen molar-refractivity contribution in [3.63, 3.8) is 0 Å². The van der Waals surface area contributed by atoms with Gasteiger partial charge in [-0.25, -0.2) is 0 Å². The average Bonchev–Trinajstić information content (AvgIpc) is 3.93. The fourth-order valence-electron chi connectivity index (χ4n) is 8.89. The maximum Gasteiger partial charge on any atom is 0.143 e. The van der Waals surface area contributed by atoms with Crippen LogP contribution in [-0.2, 0) is 0 Å². The van der Waals surface area contributed by atoms with Gasteiger partial charge in [0.2, 0.25) is 0 Å². The van der Waals surface area contributed by atoms with Crippen LogP contribution >= 0.6 is 0 Å². The van der Waals surface area contributed by atoms with E-state index >= 15 is 0 Å². The Kier molecular flexibility index (Phi) is 6.60. The first-order valence-corrected chi connectivity index (χ1v) is 19.0. The topological polar surface area (TPSA) is 34.5 Å². The van der Waals surface area contributed by atoms with Crippen molar-refractivity contribution in [1.82, 2.24) is 4.57 Å². The van der Waals surface area contributed by atoms with Gasteiger partial charge >= 0.3 is 0 Å². The number of rotatable bonds is 5. The molecule has 0 radical (unpaired) electrons. The van der Waals surface area contributed by atoms with Crippen molar-refractivity contribution >= 4 is 93.5 Å². The third kappa shape index (κ3) is 4.53. The molecule has 262 valence electrons. The Hall–Kier alpha value is -7.56. The van der Waals surface area contributed by atoms with Gasteiger partial charge in [0.05, 0.1) is 27.8 Å². The molecule has 9 aromatic carbocycles.